The van der Waals surface area contributed by atoms with Crippen LogP contribution in [0.1, 0.15) is 59.8 Å². The number of nitrogens with one attached hydrogen (secondary N) is 1. The molecule has 1 aliphatic heterocycles. The Morgan fingerprint density at radius 3 is 2.50 bits per heavy atom. The molecular weight excluding hydrogens is 384 g/mol. The quantitative estimate of drug-likeness (QED) is 0.303. The standard InChI is InChI=1S/C23H38N2O5/c1-5-9-10-13-24-21(27)20-17-12-11-15(6-2)18(23(29)30-8-4)19(17)22(28)25(20)16(7-3)14-26/h11-12,15-20,26H,5-10,13-14H2,1-4H3,(H,24,27)/t15-,16+,17+,18-,19-,20+/m1/s1. The molecule has 1 heterocycles. The van der Waals surface area contributed by atoms with E-state index in [2.05, 4.69) is 12.2 Å². The summed E-state index contributed by atoms with van der Waals surface area (Å²) < 4.78 is 5.31. The van der Waals surface area contributed by atoms with E-state index in [4.69, 9.17) is 4.74 Å². The summed E-state index contributed by atoms with van der Waals surface area (Å²) in [6, 6.07) is -1.17. The molecule has 6 atom stereocenters. The Morgan fingerprint density at radius 1 is 1.20 bits per heavy atom. The van der Waals surface area contributed by atoms with E-state index >= 15 is 0 Å². The fraction of sp³-hybridized carbons (Fsp3) is 0.783. The topological polar surface area (TPSA) is 95.9 Å². The maximum absolute atomic E-state index is 13.6. The van der Waals surface area contributed by atoms with Crippen molar-refractivity contribution in [2.75, 3.05) is 19.8 Å². The molecule has 1 saturated heterocycles. The average Bonchev–Trinajstić information content (AvgIpc) is 3.04. The SMILES string of the molecule is CCCCCNC(=O)[C@@H]1[C@H]2C=C[C@@H](CC)[C@@H](C(=O)OCC)[C@@H]2C(=O)N1[C@@H](CC)CO. The summed E-state index contributed by atoms with van der Waals surface area (Å²) >= 11 is 0. The van der Waals surface area contributed by atoms with Crippen molar-refractivity contribution in [3.63, 3.8) is 0 Å². The van der Waals surface area contributed by atoms with Crippen LogP contribution in [0.4, 0.5) is 0 Å². The normalized spacial score (nSPS) is 28.9. The number of likely N-dealkylation sites (tertiary alicyclic amines) is 1. The van der Waals surface area contributed by atoms with Gasteiger partial charge >= 0.3 is 5.97 Å². The Hall–Kier alpha value is -1.89. The highest BCUT2D eigenvalue weighted by Crippen LogP contribution is 2.46. The fourth-order valence-corrected chi connectivity index (χ4v) is 4.89. The Bertz CT molecular complexity index is 631. The van der Waals surface area contributed by atoms with Gasteiger partial charge in [-0.15, -0.1) is 0 Å². The lowest BCUT2D eigenvalue weighted by Gasteiger charge is -2.33. The molecular formula is C23H38N2O5. The molecule has 30 heavy (non-hydrogen) atoms. The molecule has 7 heteroatoms. The van der Waals surface area contributed by atoms with Crippen molar-refractivity contribution in [3.05, 3.63) is 12.2 Å². The van der Waals surface area contributed by atoms with Crippen molar-refractivity contribution in [1.29, 1.82) is 0 Å². The first-order valence-corrected chi connectivity index (χ1v) is 11.5. The van der Waals surface area contributed by atoms with Gasteiger partial charge in [-0.05, 0) is 32.1 Å². The van der Waals surface area contributed by atoms with E-state index in [9.17, 15) is 19.5 Å². The van der Waals surface area contributed by atoms with Crippen LogP contribution in [-0.4, -0.2) is 59.6 Å². The first-order chi connectivity index (χ1) is 14.5. The maximum Gasteiger partial charge on any atom is 0.310 e. The van der Waals surface area contributed by atoms with Gasteiger partial charge in [0.2, 0.25) is 11.8 Å². The van der Waals surface area contributed by atoms with Crippen LogP contribution in [0.2, 0.25) is 0 Å². The van der Waals surface area contributed by atoms with E-state index in [0.717, 1.165) is 19.3 Å². The van der Waals surface area contributed by atoms with Crippen molar-refractivity contribution in [3.8, 4) is 0 Å². The molecule has 1 fully saturated rings. The van der Waals surface area contributed by atoms with Crippen molar-refractivity contribution < 1.29 is 24.2 Å². The summed E-state index contributed by atoms with van der Waals surface area (Å²) in [5.41, 5.74) is 0. The largest absolute Gasteiger partial charge is 0.466 e. The van der Waals surface area contributed by atoms with E-state index in [1.54, 1.807) is 11.8 Å². The number of hydrogen-bond donors (Lipinski definition) is 2. The summed E-state index contributed by atoms with van der Waals surface area (Å²) in [5.74, 6) is -2.55. The van der Waals surface area contributed by atoms with Crippen LogP contribution < -0.4 is 5.32 Å². The molecule has 7 nitrogen and oxygen atoms in total. The van der Waals surface area contributed by atoms with Gasteiger partial charge in [0.1, 0.15) is 6.04 Å². The Kier molecular flexibility index (Phi) is 9.34. The van der Waals surface area contributed by atoms with Crippen LogP contribution in [0.25, 0.3) is 0 Å². The number of allylic oxidation sites excluding steroid dienone is 1. The second kappa shape index (κ2) is 11.5. The molecule has 0 aromatic heterocycles. The van der Waals surface area contributed by atoms with Gasteiger partial charge in [0, 0.05) is 12.5 Å². The van der Waals surface area contributed by atoms with Gasteiger partial charge in [-0.25, -0.2) is 0 Å². The number of nitrogens with zero attached hydrogens (tertiary/aromatic N) is 1. The number of aliphatic hydroxyl groups is 1. The molecule has 0 unspecified atom stereocenters. The predicted octanol–water partition coefficient (Wildman–Crippen LogP) is 2.28. The van der Waals surface area contributed by atoms with Crippen molar-refractivity contribution >= 4 is 17.8 Å². The van der Waals surface area contributed by atoms with Crippen molar-refractivity contribution in [2.45, 2.75) is 71.9 Å². The monoisotopic (exact) mass is 422 g/mol. The lowest BCUT2D eigenvalue weighted by molar-refractivity contribution is -0.156. The molecule has 0 aromatic rings. The number of fused-ring (bicyclic) bond motifs is 1. The van der Waals surface area contributed by atoms with E-state index in [1.165, 1.54) is 0 Å². The van der Waals surface area contributed by atoms with E-state index < -0.39 is 29.8 Å². The third-order valence-electron chi connectivity index (χ3n) is 6.50. The summed E-state index contributed by atoms with van der Waals surface area (Å²) in [6.45, 7) is 8.32. The number of aliphatic hydroxyl groups excluding tert-OH is 1. The zero-order chi connectivity index (χ0) is 22.3. The molecule has 2 amide bonds. The first-order valence-electron chi connectivity index (χ1n) is 11.5. The molecule has 170 valence electrons. The molecule has 2 N–H and O–H groups in total. The molecule has 0 bridgehead atoms. The highest BCUT2D eigenvalue weighted by molar-refractivity contribution is 5.96. The smallest absolute Gasteiger partial charge is 0.310 e. The Morgan fingerprint density at radius 2 is 1.93 bits per heavy atom. The summed E-state index contributed by atoms with van der Waals surface area (Å²) in [4.78, 5) is 41.1. The minimum Gasteiger partial charge on any atom is -0.466 e. The Balaban J connectivity index is 2.39. The average molecular weight is 423 g/mol. The first kappa shape index (κ1) is 24.4. The van der Waals surface area contributed by atoms with Gasteiger partial charge < -0.3 is 20.1 Å². The zero-order valence-corrected chi connectivity index (χ0v) is 18.8. The second-order valence-electron chi connectivity index (χ2n) is 8.27. The third kappa shape index (κ3) is 4.88. The fourth-order valence-electron chi connectivity index (χ4n) is 4.89. The van der Waals surface area contributed by atoms with Crippen molar-refractivity contribution in [2.24, 2.45) is 23.7 Å². The number of carbonyl (C=O) groups excluding carboxylic acids is 3. The van der Waals surface area contributed by atoms with E-state index in [1.807, 2.05) is 26.0 Å². The van der Waals surface area contributed by atoms with Crippen molar-refractivity contribution in [1.82, 2.24) is 10.2 Å². The second-order valence-corrected chi connectivity index (χ2v) is 8.27. The lowest BCUT2D eigenvalue weighted by atomic mass is 9.69. The number of hydrogen-bond acceptors (Lipinski definition) is 5. The molecule has 0 saturated carbocycles. The summed E-state index contributed by atoms with van der Waals surface area (Å²) in [6.07, 6.45) is 8.11. The van der Waals surface area contributed by atoms with Gasteiger partial charge in [-0.3, -0.25) is 14.4 Å². The number of unbranched alkanes of at least 4 members (excludes halogenated alkanes) is 2. The van der Waals surface area contributed by atoms with Crippen LogP contribution in [-0.2, 0) is 19.1 Å². The number of ether oxygens (including phenoxy) is 1. The van der Waals surface area contributed by atoms with Crippen LogP contribution in [0, 0.1) is 23.7 Å². The van der Waals surface area contributed by atoms with Gasteiger partial charge in [0.25, 0.3) is 0 Å². The number of esters is 1. The summed E-state index contributed by atoms with van der Waals surface area (Å²) in [5, 5.41) is 12.9. The van der Waals surface area contributed by atoms with Crippen LogP contribution >= 0.6 is 0 Å². The third-order valence-corrected chi connectivity index (χ3v) is 6.50. The van der Waals surface area contributed by atoms with Gasteiger partial charge in [-0.2, -0.15) is 0 Å². The number of carbonyl (C=O) groups is 3. The molecule has 0 radical (unpaired) electrons. The molecule has 0 aromatic carbocycles. The Labute approximate surface area is 180 Å². The van der Waals surface area contributed by atoms with Crippen LogP contribution in [0.5, 0.6) is 0 Å². The zero-order valence-electron chi connectivity index (χ0n) is 18.8. The van der Waals surface area contributed by atoms with E-state index in [0.29, 0.717) is 19.4 Å². The number of rotatable bonds is 11. The highest BCUT2D eigenvalue weighted by atomic mass is 16.5. The molecule has 0 spiro atoms. The molecule has 1 aliphatic carbocycles. The van der Waals surface area contributed by atoms with Gasteiger partial charge in [0.05, 0.1) is 31.1 Å². The minimum absolute atomic E-state index is 0.100. The minimum atomic E-state index is -0.716. The predicted molar refractivity (Wildman–Crippen MR) is 114 cm³/mol. The highest BCUT2D eigenvalue weighted by Gasteiger charge is 2.58. The van der Waals surface area contributed by atoms with Gasteiger partial charge in [-0.1, -0.05) is 45.8 Å². The molecule has 2 aliphatic rings. The van der Waals surface area contributed by atoms with E-state index in [-0.39, 0.29) is 36.9 Å². The molecule has 2 rings (SSSR count). The maximum atomic E-state index is 13.6. The lowest BCUT2D eigenvalue weighted by Crippen LogP contribution is -2.52. The van der Waals surface area contributed by atoms with Crippen LogP contribution in [0.3, 0.4) is 0 Å². The van der Waals surface area contributed by atoms with Gasteiger partial charge in [0.15, 0.2) is 0 Å². The number of amides is 2. The summed E-state index contributed by atoms with van der Waals surface area (Å²) in [7, 11) is 0. The van der Waals surface area contributed by atoms with Crippen LogP contribution in [0.15, 0.2) is 12.2 Å².